The highest BCUT2D eigenvalue weighted by atomic mass is 19.4. The van der Waals surface area contributed by atoms with E-state index in [-0.39, 0.29) is 12.8 Å². The standard InChI is InChI=1S/C11H14F3N3O/c12-11(13,14)8-4-2-1-3-7(8)10(18)16-9-5-6-15-17-9/h5-8H,1-4H2,(H2,15,16,17,18). The lowest BCUT2D eigenvalue weighted by atomic mass is 9.78. The van der Waals surface area contributed by atoms with Crippen molar-refractivity contribution >= 4 is 11.7 Å². The highest BCUT2D eigenvalue weighted by Gasteiger charge is 2.48. The van der Waals surface area contributed by atoms with Crippen molar-refractivity contribution in [2.75, 3.05) is 5.32 Å². The number of alkyl halides is 3. The van der Waals surface area contributed by atoms with Gasteiger partial charge in [-0.05, 0) is 12.8 Å². The van der Waals surface area contributed by atoms with E-state index in [2.05, 4.69) is 15.5 Å². The number of H-pyrrole nitrogens is 1. The first kappa shape index (κ1) is 12.9. The minimum atomic E-state index is -4.31. The molecule has 0 aliphatic heterocycles. The topological polar surface area (TPSA) is 57.8 Å². The third-order valence-corrected chi connectivity index (χ3v) is 3.28. The van der Waals surface area contributed by atoms with E-state index in [9.17, 15) is 18.0 Å². The lowest BCUT2D eigenvalue weighted by Crippen LogP contribution is -2.39. The molecule has 7 heteroatoms. The summed E-state index contributed by atoms with van der Waals surface area (Å²) in [5.74, 6) is -2.79. The third-order valence-electron chi connectivity index (χ3n) is 3.28. The summed E-state index contributed by atoms with van der Waals surface area (Å²) in [4.78, 5) is 11.9. The smallest absolute Gasteiger partial charge is 0.311 e. The summed E-state index contributed by atoms with van der Waals surface area (Å²) in [7, 11) is 0. The van der Waals surface area contributed by atoms with Crippen molar-refractivity contribution < 1.29 is 18.0 Å². The first-order valence-corrected chi connectivity index (χ1v) is 5.85. The number of nitrogens with one attached hydrogen (secondary N) is 2. The summed E-state index contributed by atoms with van der Waals surface area (Å²) in [5.41, 5.74) is 0. The van der Waals surface area contributed by atoms with Gasteiger partial charge in [-0.3, -0.25) is 9.89 Å². The maximum Gasteiger partial charge on any atom is 0.392 e. The number of hydrogen-bond acceptors (Lipinski definition) is 2. The number of halogens is 3. The lowest BCUT2D eigenvalue weighted by Gasteiger charge is -2.31. The van der Waals surface area contributed by atoms with Gasteiger partial charge < -0.3 is 5.32 Å². The van der Waals surface area contributed by atoms with E-state index >= 15 is 0 Å². The molecule has 0 radical (unpaired) electrons. The van der Waals surface area contributed by atoms with E-state index in [1.807, 2.05) is 0 Å². The maximum absolute atomic E-state index is 12.8. The number of carbonyl (C=O) groups is 1. The predicted molar refractivity (Wildman–Crippen MR) is 58.7 cm³/mol. The third kappa shape index (κ3) is 2.83. The van der Waals surface area contributed by atoms with Crippen LogP contribution < -0.4 is 5.32 Å². The van der Waals surface area contributed by atoms with Crippen molar-refractivity contribution in [3.05, 3.63) is 12.3 Å². The SMILES string of the molecule is O=C(Nc1ccn[nH]1)C1CCCCC1C(F)(F)F. The van der Waals surface area contributed by atoms with E-state index in [1.165, 1.54) is 12.3 Å². The molecule has 0 aromatic carbocycles. The van der Waals surface area contributed by atoms with E-state index in [1.54, 1.807) is 0 Å². The van der Waals surface area contributed by atoms with Crippen molar-refractivity contribution in [3.63, 3.8) is 0 Å². The van der Waals surface area contributed by atoms with E-state index in [0.29, 0.717) is 18.7 Å². The van der Waals surface area contributed by atoms with Crippen LogP contribution in [0.15, 0.2) is 12.3 Å². The van der Waals surface area contributed by atoms with Gasteiger partial charge in [0.1, 0.15) is 5.82 Å². The molecule has 0 spiro atoms. The molecule has 4 nitrogen and oxygen atoms in total. The maximum atomic E-state index is 12.8. The zero-order valence-corrected chi connectivity index (χ0v) is 9.63. The van der Waals surface area contributed by atoms with E-state index in [4.69, 9.17) is 0 Å². The number of amides is 1. The summed E-state index contributed by atoms with van der Waals surface area (Å²) in [6, 6.07) is 1.50. The first-order chi connectivity index (χ1) is 8.48. The number of anilines is 1. The number of aromatic nitrogens is 2. The molecule has 1 aliphatic carbocycles. The van der Waals surface area contributed by atoms with Crippen LogP contribution in [0.3, 0.4) is 0 Å². The summed E-state index contributed by atoms with van der Waals surface area (Å²) >= 11 is 0. The van der Waals surface area contributed by atoms with Crippen LogP contribution in [-0.4, -0.2) is 22.3 Å². The number of aromatic amines is 1. The Morgan fingerprint density at radius 3 is 2.72 bits per heavy atom. The van der Waals surface area contributed by atoms with Gasteiger partial charge in [0.25, 0.3) is 0 Å². The average Bonchev–Trinajstić information content (AvgIpc) is 2.80. The molecule has 2 unspecified atom stereocenters. The van der Waals surface area contributed by atoms with Crippen LogP contribution >= 0.6 is 0 Å². The van der Waals surface area contributed by atoms with Crippen LogP contribution in [-0.2, 0) is 4.79 Å². The van der Waals surface area contributed by atoms with Crippen molar-refractivity contribution in [3.8, 4) is 0 Å². The van der Waals surface area contributed by atoms with E-state index < -0.39 is 23.9 Å². The van der Waals surface area contributed by atoms with Crippen LogP contribution in [0.2, 0.25) is 0 Å². The molecule has 1 aromatic heterocycles. The van der Waals surface area contributed by atoms with Crippen LogP contribution in [0.25, 0.3) is 0 Å². The largest absolute Gasteiger partial charge is 0.392 e. The fraction of sp³-hybridized carbons (Fsp3) is 0.636. The minimum absolute atomic E-state index is 0.0323. The van der Waals surface area contributed by atoms with Crippen molar-refractivity contribution in [2.45, 2.75) is 31.9 Å². The Hall–Kier alpha value is -1.53. The molecule has 18 heavy (non-hydrogen) atoms. The molecule has 1 saturated carbocycles. The summed E-state index contributed by atoms with van der Waals surface area (Å²) in [5, 5.41) is 8.56. The fourth-order valence-electron chi connectivity index (χ4n) is 2.39. The lowest BCUT2D eigenvalue weighted by molar-refractivity contribution is -0.197. The summed E-state index contributed by atoms with van der Waals surface area (Å²) in [6.07, 6.45) is -1.38. The van der Waals surface area contributed by atoms with Crippen molar-refractivity contribution in [1.82, 2.24) is 10.2 Å². The van der Waals surface area contributed by atoms with E-state index in [0.717, 1.165) is 0 Å². The van der Waals surface area contributed by atoms with Crippen LogP contribution in [0.1, 0.15) is 25.7 Å². The Morgan fingerprint density at radius 1 is 1.39 bits per heavy atom. The average molecular weight is 261 g/mol. The normalized spacial score (nSPS) is 24.8. The first-order valence-electron chi connectivity index (χ1n) is 5.85. The highest BCUT2D eigenvalue weighted by molar-refractivity contribution is 5.91. The summed E-state index contributed by atoms with van der Waals surface area (Å²) in [6.45, 7) is 0. The molecular weight excluding hydrogens is 247 g/mol. The highest BCUT2D eigenvalue weighted by Crippen LogP contribution is 2.41. The Bertz CT molecular complexity index is 402. The molecule has 2 N–H and O–H groups in total. The molecule has 2 rings (SSSR count). The van der Waals surface area contributed by atoms with Crippen LogP contribution in [0.4, 0.5) is 19.0 Å². The molecule has 1 fully saturated rings. The Kier molecular flexibility index (Phi) is 3.58. The number of carbonyl (C=O) groups excluding carboxylic acids is 1. The molecule has 1 amide bonds. The van der Waals surface area contributed by atoms with Crippen molar-refractivity contribution in [1.29, 1.82) is 0 Å². The molecule has 1 aromatic rings. The molecule has 0 saturated heterocycles. The Labute approximate surface area is 102 Å². The molecule has 2 atom stereocenters. The Balaban J connectivity index is 2.06. The monoisotopic (exact) mass is 261 g/mol. The summed E-state index contributed by atoms with van der Waals surface area (Å²) < 4.78 is 38.5. The van der Waals surface area contributed by atoms with Crippen LogP contribution in [0, 0.1) is 11.8 Å². The number of hydrogen-bond donors (Lipinski definition) is 2. The van der Waals surface area contributed by atoms with Gasteiger partial charge in [-0.2, -0.15) is 18.3 Å². The number of rotatable bonds is 2. The molecular formula is C11H14F3N3O. The van der Waals surface area contributed by atoms with Gasteiger partial charge in [0, 0.05) is 12.0 Å². The molecule has 100 valence electrons. The van der Waals surface area contributed by atoms with Gasteiger partial charge in [0.2, 0.25) is 5.91 Å². The van der Waals surface area contributed by atoms with Crippen LogP contribution in [0.5, 0.6) is 0 Å². The van der Waals surface area contributed by atoms with Gasteiger partial charge in [0.05, 0.1) is 12.1 Å². The van der Waals surface area contributed by atoms with Crippen molar-refractivity contribution in [2.24, 2.45) is 11.8 Å². The van der Waals surface area contributed by atoms with Gasteiger partial charge >= 0.3 is 6.18 Å². The van der Waals surface area contributed by atoms with Gasteiger partial charge in [0.15, 0.2) is 0 Å². The Morgan fingerprint density at radius 2 is 2.11 bits per heavy atom. The zero-order valence-electron chi connectivity index (χ0n) is 9.63. The quantitative estimate of drug-likeness (QED) is 0.860. The second kappa shape index (κ2) is 4.99. The second-order valence-corrected chi connectivity index (χ2v) is 4.50. The number of nitrogens with zero attached hydrogens (tertiary/aromatic N) is 1. The van der Waals surface area contributed by atoms with Gasteiger partial charge in [-0.15, -0.1) is 0 Å². The minimum Gasteiger partial charge on any atom is -0.311 e. The molecule has 1 heterocycles. The molecule has 0 bridgehead atoms. The second-order valence-electron chi connectivity index (χ2n) is 4.50. The van der Waals surface area contributed by atoms with Gasteiger partial charge in [-0.25, -0.2) is 0 Å². The zero-order chi connectivity index (χ0) is 13.2. The predicted octanol–water partition coefficient (Wildman–Crippen LogP) is 2.72. The van der Waals surface area contributed by atoms with Gasteiger partial charge in [-0.1, -0.05) is 12.8 Å². The molecule has 1 aliphatic rings. The fourth-order valence-corrected chi connectivity index (χ4v) is 2.39.